The van der Waals surface area contributed by atoms with E-state index in [1.807, 2.05) is 29.4 Å². The highest BCUT2D eigenvalue weighted by Gasteiger charge is 2.26. The van der Waals surface area contributed by atoms with Gasteiger partial charge >= 0.3 is 0 Å². The molecule has 2 aliphatic rings. The van der Waals surface area contributed by atoms with Gasteiger partial charge in [-0.3, -0.25) is 19.5 Å². The molecule has 142 valence electrons. The molecule has 0 aromatic carbocycles. The van der Waals surface area contributed by atoms with E-state index in [4.69, 9.17) is 0 Å². The fourth-order valence-electron chi connectivity index (χ4n) is 3.57. The smallest absolute Gasteiger partial charge is 0.242 e. The van der Waals surface area contributed by atoms with Crippen molar-refractivity contribution in [2.24, 2.45) is 5.92 Å². The van der Waals surface area contributed by atoms with Crippen LogP contribution < -0.4 is 5.32 Å². The predicted molar refractivity (Wildman–Crippen MR) is 99.3 cm³/mol. The first-order valence-electron chi connectivity index (χ1n) is 9.47. The Morgan fingerprint density at radius 2 is 1.73 bits per heavy atom. The molecule has 2 aliphatic heterocycles. The molecule has 0 radical (unpaired) electrons. The molecule has 3 rings (SSSR count). The number of likely N-dealkylation sites (tertiary alicyclic amines) is 1. The zero-order valence-electron chi connectivity index (χ0n) is 15.6. The average molecular weight is 359 g/mol. The minimum atomic E-state index is 0.0176. The Kier molecular flexibility index (Phi) is 6.57. The molecule has 1 aromatic rings. The third kappa shape index (κ3) is 5.25. The first-order valence-corrected chi connectivity index (χ1v) is 9.47. The SMILES string of the molecule is CN1CCN(C(=O)CNC(=O)C2CCN(Cc3ccncc3)CC2)CC1. The first-order chi connectivity index (χ1) is 12.6. The predicted octanol–water partition coefficient (Wildman–Crippen LogP) is 0.184. The zero-order chi connectivity index (χ0) is 18.4. The lowest BCUT2D eigenvalue weighted by molar-refractivity contribution is -0.135. The fourth-order valence-corrected chi connectivity index (χ4v) is 3.57. The third-order valence-electron chi connectivity index (χ3n) is 5.38. The van der Waals surface area contributed by atoms with Gasteiger partial charge in [-0.1, -0.05) is 0 Å². The standard InChI is InChI=1S/C19H29N5O2/c1-22-10-12-24(13-11-22)18(25)14-21-19(26)17-4-8-23(9-5-17)15-16-2-6-20-7-3-16/h2-3,6-7,17H,4-5,8-15H2,1H3,(H,21,26). The van der Waals surface area contributed by atoms with E-state index in [0.29, 0.717) is 0 Å². The number of rotatable bonds is 5. The number of carbonyl (C=O) groups excluding carboxylic acids is 2. The Morgan fingerprint density at radius 1 is 1.08 bits per heavy atom. The highest BCUT2D eigenvalue weighted by atomic mass is 16.2. The number of carbonyl (C=O) groups is 2. The molecule has 0 atom stereocenters. The number of pyridine rings is 1. The van der Waals surface area contributed by atoms with Gasteiger partial charge in [0.2, 0.25) is 11.8 Å². The summed E-state index contributed by atoms with van der Waals surface area (Å²) in [6.45, 7) is 6.14. The summed E-state index contributed by atoms with van der Waals surface area (Å²) in [7, 11) is 2.06. The second-order valence-electron chi connectivity index (χ2n) is 7.31. The zero-order valence-corrected chi connectivity index (χ0v) is 15.6. The molecule has 0 bridgehead atoms. The first kappa shape index (κ1) is 18.8. The van der Waals surface area contributed by atoms with Crippen molar-refractivity contribution in [2.75, 3.05) is 52.9 Å². The van der Waals surface area contributed by atoms with Crippen LogP contribution in [0.3, 0.4) is 0 Å². The number of hydrogen-bond donors (Lipinski definition) is 1. The van der Waals surface area contributed by atoms with Crippen molar-refractivity contribution in [3.05, 3.63) is 30.1 Å². The number of piperidine rings is 1. The highest BCUT2D eigenvalue weighted by Crippen LogP contribution is 2.19. The van der Waals surface area contributed by atoms with Crippen LogP contribution in [0, 0.1) is 5.92 Å². The van der Waals surface area contributed by atoms with E-state index in [2.05, 4.69) is 27.1 Å². The molecule has 7 heteroatoms. The number of aromatic nitrogens is 1. The number of nitrogens with one attached hydrogen (secondary N) is 1. The van der Waals surface area contributed by atoms with Gasteiger partial charge in [0.1, 0.15) is 0 Å². The van der Waals surface area contributed by atoms with Crippen LogP contribution in [0.1, 0.15) is 18.4 Å². The molecule has 1 aromatic heterocycles. The summed E-state index contributed by atoms with van der Waals surface area (Å²) in [6.07, 6.45) is 5.32. The van der Waals surface area contributed by atoms with Gasteiger partial charge in [0, 0.05) is 51.0 Å². The van der Waals surface area contributed by atoms with Gasteiger partial charge < -0.3 is 15.1 Å². The van der Waals surface area contributed by atoms with Crippen LogP contribution in [-0.4, -0.2) is 84.4 Å². The van der Waals surface area contributed by atoms with Crippen LogP contribution in [0.5, 0.6) is 0 Å². The van der Waals surface area contributed by atoms with Crippen molar-refractivity contribution >= 4 is 11.8 Å². The Hall–Kier alpha value is -1.99. The Morgan fingerprint density at radius 3 is 2.38 bits per heavy atom. The average Bonchev–Trinajstić information content (AvgIpc) is 2.68. The van der Waals surface area contributed by atoms with Gasteiger partial charge in [-0.15, -0.1) is 0 Å². The van der Waals surface area contributed by atoms with E-state index >= 15 is 0 Å². The molecular weight excluding hydrogens is 330 g/mol. The van der Waals surface area contributed by atoms with Gasteiger partial charge in [-0.25, -0.2) is 0 Å². The Balaban J connectivity index is 1.36. The maximum Gasteiger partial charge on any atom is 0.242 e. The van der Waals surface area contributed by atoms with E-state index in [1.54, 1.807) is 0 Å². The molecule has 2 saturated heterocycles. The molecule has 0 saturated carbocycles. The maximum absolute atomic E-state index is 12.4. The number of piperazine rings is 1. The quantitative estimate of drug-likeness (QED) is 0.813. The summed E-state index contributed by atoms with van der Waals surface area (Å²) in [6, 6.07) is 4.06. The lowest BCUT2D eigenvalue weighted by Gasteiger charge is -2.33. The minimum absolute atomic E-state index is 0.0176. The Labute approximate surface area is 155 Å². The molecule has 0 aliphatic carbocycles. The summed E-state index contributed by atoms with van der Waals surface area (Å²) >= 11 is 0. The second-order valence-corrected chi connectivity index (χ2v) is 7.31. The molecule has 3 heterocycles. The van der Waals surface area contributed by atoms with Gasteiger partial charge in [0.25, 0.3) is 0 Å². The van der Waals surface area contributed by atoms with Crippen molar-refractivity contribution < 1.29 is 9.59 Å². The maximum atomic E-state index is 12.4. The Bertz CT molecular complexity index is 593. The second kappa shape index (κ2) is 9.09. The molecule has 0 unspecified atom stereocenters. The number of amides is 2. The summed E-state index contributed by atoms with van der Waals surface area (Å²) < 4.78 is 0. The molecule has 26 heavy (non-hydrogen) atoms. The van der Waals surface area contributed by atoms with Crippen LogP contribution in [0.25, 0.3) is 0 Å². The lowest BCUT2D eigenvalue weighted by atomic mass is 9.95. The van der Waals surface area contributed by atoms with Crippen molar-refractivity contribution in [3.8, 4) is 0 Å². The summed E-state index contributed by atoms with van der Waals surface area (Å²) in [5.74, 6) is 0.0709. The number of hydrogen-bond acceptors (Lipinski definition) is 5. The lowest BCUT2D eigenvalue weighted by Crippen LogP contribution is -2.50. The summed E-state index contributed by atoms with van der Waals surface area (Å²) in [4.78, 5) is 35.1. The van der Waals surface area contributed by atoms with Crippen LogP contribution in [0.4, 0.5) is 0 Å². The van der Waals surface area contributed by atoms with Crippen molar-refractivity contribution in [3.63, 3.8) is 0 Å². The van der Waals surface area contributed by atoms with Crippen molar-refractivity contribution in [1.82, 2.24) is 25.0 Å². The molecule has 1 N–H and O–H groups in total. The van der Waals surface area contributed by atoms with Gasteiger partial charge in [0.05, 0.1) is 6.54 Å². The van der Waals surface area contributed by atoms with Crippen LogP contribution in [0.2, 0.25) is 0 Å². The van der Waals surface area contributed by atoms with Crippen LogP contribution in [-0.2, 0) is 16.1 Å². The van der Waals surface area contributed by atoms with Crippen LogP contribution >= 0.6 is 0 Å². The van der Waals surface area contributed by atoms with Crippen molar-refractivity contribution in [2.45, 2.75) is 19.4 Å². The van der Waals surface area contributed by atoms with Crippen molar-refractivity contribution in [1.29, 1.82) is 0 Å². The van der Waals surface area contributed by atoms with E-state index < -0.39 is 0 Å². The van der Waals surface area contributed by atoms with Crippen LogP contribution in [0.15, 0.2) is 24.5 Å². The number of likely N-dealkylation sites (N-methyl/N-ethyl adjacent to an activating group) is 1. The fraction of sp³-hybridized carbons (Fsp3) is 0.632. The van der Waals surface area contributed by atoms with E-state index in [0.717, 1.165) is 58.7 Å². The number of nitrogens with zero attached hydrogens (tertiary/aromatic N) is 4. The third-order valence-corrected chi connectivity index (χ3v) is 5.38. The van der Waals surface area contributed by atoms with E-state index in [9.17, 15) is 9.59 Å². The molecular formula is C19H29N5O2. The van der Waals surface area contributed by atoms with E-state index in [-0.39, 0.29) is 24.3 Å². The minimum Gasteiger partial charge on any atom is -0.347 e. The monoisotopic (exact) mass is 359 g/mol. The largest absolute Gasteiger partial charge is 0.347 e. The molecule has 2 fully saturated rings. The molecule has 7 nitrogen and oxygen atoms in total. The van der Waals surface area contributed by atoms with Gasteiger partial charge in [-0.2, -0.15) is 0 Å². The topological polar surface area (TPSA) is 68.8 Å². The summed E-state index contributed by atoms with van der Waals surface area (Å²) in [5, 5.41) is 2.85. The highest BCUT2D eigenvalue weighted by molar-refractivity contribution is 5.86. The van der Waals surface area contributed by atoms with Gasteiger partial charge in [0.15, 0.2) is 0 Å². The van der Waals surface area contributed by atoms with Gasteiger partial charge in [-0.05, 0) is 50.7 Å². The normalized spacial score (nSPS) is 20.1. The molecule has 2 amide bonds. The summed E-state index contributed by atoms with van der Waals surface area (Å²) in [5.41, 5.74) is 1.25. The van der Waals surface area contributed by atoms with E-state index in [1.165, 1.54) is 5.56 Å². The molecule has 0 spiro atoms.